The summed E-state index contributed by atoms with van der Waals surface area (Å²) in [5.74, 6) is 0.768. The zero-order chi connectivity index (χ0) is 19.8. The smallest absolute Gasteiger partial charge is 0.297 e. The van der Waals surface area contributed by atoms with E-state index in [2.05, 4.69) is 20.3 Å². The largest absolute Gasteiger partial charge is 0.489 e. The Balaban J connectivity index is 1.24. The molecule has 0 saturated heterocycles. The van der Waals surface area contributed by atoms with E-state index in [1.165, 1.54) is 0 Å². The Morgan fingerprint density at radius 1 is 1.10 bits per heavy atom. The molecule has 1 atom stereocenters. The highest BCUT2D eigenvalue weighted by atomic mass is 16.6. The third-order valence-electron chi connectivity index (χ3n) is 4.77. The maximum Gasteiger partial charge on any atom is 0.297 e. The van der Waals surface area contributed by atoms with E-state index in [-0.39, 0.29) is 0 Å². The first kappa shape index (κ1) is 17.4. The van der Waals surface area contributed by atoms with Gasteiger partial charge in [-0.3, -0.25) is 9.55 Å². The molecule has 146 valence electrons. The summed E-state index contributed by atoms with van der Waals surface area (Å²) in [7, 11) is 0. The Bertz CT molecular complexity index is 1110. The van der Waals surface area contributed by atoms with Gasteiger partial charge in [-0.1, -0.05) is 11.3 Å². The van der Waals surface area contributed by atoms with Gasteiger partial charge in [-0.15, -0.1) is 5.10 Å². The van der Waals surface area contributed by atoms with Crippen LogP contribution in [0.3, 0.4) is 0 Å². The zero-order valence-electron chi connectivity index (χ0n) is 16.2. The van der Waals surface area contributed by atoms with E-state index in [0.717, 1.165) is 35.1 Å². The van der Waals surface area contributed by atoms with Crippen LogP contribution in [0.15, 0.2) is 61.1 Å². The highest BCUT2D eigenvalue weighted by molar-refractivity contribution is 5.52. The van der Waals surface area contributed by atoms with Gasteiger partial charge in [0.25, 0.3) is 6.01 Å². The summed E-state index contributed by atoms with van der Waals surface area (Å²) in [4.78, 5) is 8.68. The van der Waals surface area contributed by atoms with E-state index < -0.39 is 5.60 Å². The lowest BCUT2D eigenvalue weighted by Gasteiger charge is -2.22. The van der Waals surface area contributed by atoms with Crippen molar-refractivity contribution < 1.29 is 9.47 Å². The van der Waals surface area contributed by atoms with Gasteiger partial charge >= 0.3 is 0 Å². The molecule has 3 aromatic heterocycles. The maximum atomic E-state index is 5.97. The number of rotatable bonds is 5. The monoisotopic (exact) mass is 388 g/mol. The molecule has 1 aliphatic rings. The second-order valence-corrected chi connectivity index (χ2v) is 7.39. The molecule has 29 heavy (non-hydrogen) atoms. The van der Waals surface area contributed by atoms with Crippen molar-refractivity contribution in [1.82, 2.24) is 29.5 Å². The number of aryl methyl sites for hydroxylation is 1. The SMILES string of the molecule is Cc1cn2c(n1)OC(C)(COc1ccc(-n3cc(-c4ccccn4)nn3)cc1)C2. The van der Waals surface area contributed by atoms with Crippen LogP contribution in [0.5, 0.6) is 11.8 Å². The van der Waals surface area contributed by atoms with Gasteiger partial charge in [-0.25, -0.2) is 9.67 Å². The maximum absolute atomic E-state index is 5.97. The molecule has 0 saturated carbocycles. The fourth-order valence-corrected chi connectivity index (χ4v) is 3.36. The Hall–Kier alpha value is -3.68. The lowest BCUT2D eigenvalue weighted by atomic mass is 10.1. The number of benzene rings is 1. The molecule has 0 fully saturated rings. The average Bonchev–Trinajstić information content (AvgIpc) is 3.41. The molecule has 0 spiro atoms. The van der Waals surface area contributed by atoms with Gasteiger partial charge in [0.2, 0.25) is 0 Å². The number of ether oxygens (including phenoxy) is 2. The molecule has 4 aromatic rings. The van der Waals surface area contributed by atoms with Crippen LogP contribution in [-0.4, -0.2) is 41.7 Å². The molecule has 8 heteroatoms. The highest BCUT2D eigenvalue weighted by Gasteiger charge is 2.37. The van der Waals surface area contributed by atoms with Crippen molar-refractivity contribution in [3.05, 3.63) is 66.7 Å². The van der Waals surface area contributed by atoms with Crippen molar-refractivity contribution in [2.75, 3.05) is 6.61 Å². The topological polar surface area (TPSA) is 79.9 Å². The average molecular weight is 388 g/mol. The van der Waals surface area contributed by atoms with Crippen molar-refractivity contribution in [2.45, 2.75) is 26.0 Å². The van der Waals surface area contributed by atoms with E-state index in [9.17, 15) is 0 Å². The first-order valence-electron chi connectivity index (χ1n) is 9.38. The molecule has 5 rings (SSSR count). The lowest BCUT2D eigenvalue weighted by molar-refractivity contribution is 0.0504. The van der Waals surface area contributed by atoms with Crippen molar-refractivity contribution in [2.24, 2.45) is 0 Å². The van der Waals surface area contributed by atoms with Gasteiger partial charge in [0.1, 0.15) is 18.1 Å². The van der Waals surface area contributed by atoms with Gasteiger partial charge in [0, 0.05) is 12.4 Å². The van der Waals surface area contributed by atoms with Crippen LogP contribution in [0.1, 0.15) is 12.6 Å². The standard InChI is InChI=1S/C21H20N6O2/c1-15-11-26-13-21(2,29-20(26)23-15)14-28-17-8-6-16(7-9-17)27-12-19(24-25-27)18-5-3-4-10-22-18/h3-12H,13-14H2,1-2H3. The molecule has 8 nitrogen and oxygen atoms in total. The van der Waals surface area contributed by atoms with Gasteiger partial charge < -0.3 is 9.47 Å². The predicted octanol–water partition coefficient (Wildman–Crippen LogP) is 3.06. The van der Waals surface area contributed by atoms with E-state index >= 15 is 0 Å². The number of imidazole rings is 1. The summed E-state index contributed by atoms with van der Waals surface area (Å²) in [6.45, 7) is 5.14. The second-order valence-electron chi connectivity index (χ2n) is 7.39. The second kappa shape index (κ2) is 6.73. The number of hydrogen-bond acceptors (Lipinski definition) is 6. The molecule has 0 amide bonds. The third kappa shape index (κ3) is 3.44. The van der Waals surface area contributed by atoms with Gasteiger partial charge in [-0.05, 0) is 50.2 Å². The van der Waals surface area contributed by atoms with Crippen LogP contribution in [0.2, 0.25) is 0 Å². The van der Waals surface area contributed by atoms with Crippen LogP contribution >= 0.6 is 0 Å². The molecular formula is C21H20N6O2. The third-order valence-corrected chi connectivity index (χ3v) is 4.77. The molecule has 0 radical (unpaired) electrons. The van der Waals surface area contributed by atoms with E-state index in [0.29, 0.717) is 12.6 Å². The van der Waals surface area contributed by atoms with E-state index in [4.69, 9.17) is 9.47 Å². The zero-order valence-corrected chi connectivity index (χ0v) is 16.2. The minimum Gasteiger partial charge on any atom is -0.489 e. The summed E-state index contributed by atoms with van der Waals surface area (Å²) < 4.78 is 15.7. The molecule has 0 aliphatic carbocycles. The minimum atomic E-state index is -0.432. The Labute approximate surface area is 167 Å². The number of hydrogen-bond donors (Lipinski definition) is 0. The number of nitrogens with zero attached hydrogens (tertiary/aromatic N) is 6. The normalized spacial score (nSPS) is 17.7. The quantitative estimate of drug-likeness (QED) is 0.523. The first-order valence-corrected chi connectivity index (χ1v) is 9.38. The minimum absolute atomic E-state index is 0.432. The van der Waals surface area contributed by atoms with Crippen LogP contribution in [0.4, 0.5) is 0 Å². The van der Waals surface area contributed by atoms with Gasteiger partial charge in [0.15, 0.2) is 5.60 Å². The lowest BCUT2D eigenvalue weighted by Crippen LogP contribution is -2.38. The summed E-state index contributed by atoms with van der Waals surface area (Å²) in [6.07, 6.45) is 5.59. The summed E-state index contributed by atoms with van der Waals surface area (Å²) >= 11 is 0. The molecule has 1 aliphatic heterocycles. The Kier molecular flexibility index (Phi) is 4.04. The van der Waals surface area contributed by atoms with E-state index in [1.54, 1.807) is 10.9 Å². The number of pyridine rings is 1. The van der Waals surface area contributed by atoms with Crippen LogP contribution in [0.25, 0.3) is 17.1 Å². The molecule has 0 bridgehead atoms. The van der Waals surface area contributed by atoms with Gasteiger partial charge in [0.05, 0.1) is 29.8 Å². The van der Waals surface area contributed by atoms with Crippen molar-refractivity contribution in [1.29, 1.82) is 0 Å². The molecule has 4 heterocycles. The first-order chi connectivity index (χ1) is 14.1. The van der Waals surface area contributed by atoms with Crippen LogP contribution < -0.4 is 9.47 Å². The molecular weight excluding hydrogens is 368 g/mol. The molecule has 0 N–H and O–H groups in total. The molecule has 1 unspecified atom stereocenters. The van der Waals surface area contributed by atoms with Gasteiger partial charge in [-0.2, -0.15) is 0 Å². The van der Waals surface area contributed by atoms with Crippen molar-refractivity contribution >= 4 is 0 Å². The molecule has 1 aromatic carbocycles. The number of aromatic nitrogens is 6. The fourth-order valence-electron chi connectivity index (χ4n) is 3.36. The summed E-state index contributed by atoms with van der Waals surface area (Å²) in [5.41, 5.74) is 2.94. The fraction of sp³-hybridized carbons (Fsp3) is 0.238. The van der Waals surface area contributed by atoms with Crippen molar-refractivity contribution in [3.8, 4) is 28.8 Å². The predicted molar refractivity (Wildman–Crippen MR) is 106 cm³/mol. The Morgan fingerprint density at radius 2 is 1.97 bits per heavy atom. The highest BCUT2D eigenvalue weighted by Crippen LogP contribution is 2.29. The summed E-state index contributed by atoms with van der Waals surface area (Å²) in [5, 5.41) is 8.39. The van der Waals surface area contributed by atoms with Crippen LogP contribution in [-0.2, 0) is 6.54 Å². The number of fused-ring (bicyclic) bond motifs is 1. The van der Waals surface area contributed by atoms with E-state index in [1.807, 2.05) is 73.3 Å². The summed E-state index contributed by atoms with van der Waals surface area (Å²) in [6, 6.07) is 14.1. The van der Waals surface area contributed by atoms with Crippen LogP contribution in [0, 0.1) is 6.92 Å². The Morgan fingerprint density at radius 3 is 2.72 bits per heavy atom. The van der Waals surface area contributed by atoms with Crippen molar-refractivity contribution in [3.63, 3.8) is 0 Å².